The molecule has 2 fully saturated rings. The van der Waals surface area contributed by atoms with Gasteiger partial charge in [-0.2, -0.15) is 0 Å². The minimum absolute atomic E-state index is 0.0874. The van der Waals surface area contributed by atoms with Gasteiger partial charge in [0.1, 0.15) is 18.4 Å². The van der Waals surface area contributed by atoms with E-state index in [1.54, 1.807) is 6.92 Å². The Kier molecular flexibility index (Phi) is 5.26. The van der Waals surface area contributed by atoms with Gasteiger partial charge in [-0.25, -0.2) is 9.36 Å². The second kappa shape index (κ2) is 7.12. The SMILES string of the molecule is Cc1cn(C2CC(O)C(COP3(=O)OCC(O)CO3)O2)c(=O)[nH]c1=O. The lowest BCUT2D eigenvalue weighted by Gasteiger charge is -2.26. The lowest BCUT2D eigenvalue weighted by atomic mass is 10.2. The zero-order chi connectivity index (χ0) is 18.2. The van der Waals surface area contributed by atoms with Gasteiger partial charge in [-0.05, 0) is 6.92 Å². The third-order valence-electron chi connectivity index (χ3n) is 3.91. The smallest absolute Gasteiger partial charge is 0.390 e. The van der Waals surface area contributed by atoms with Crippen molar-refractivity contribution in [2.24, 2.45) is 0 Å². The summed E-state index contributed by atoms with van der Waals surface area (Å²) < 4.78 is 33.7. The first kappa shape index (κ1) is 18.5. The topological polar surface area (TPSA) is 149 Å². The van der Waals surface area contributed by atoms with E-state index < -0.39 is 43.6 Å². The largest absolute Gasteiger partial charge is 0.475 e. The summed E-state index contributed by atoms with van der Waals surface area (Å²) in [6, 6.07) is 0. The Morgan fingerprint density at radius 2 is 2.04 bits per heavy atom. The molecular weight excluding hydrogens is 359 g/mol. The zero-order valence-electron chi connectivity index (χ0n) is 13.4. The van der Waals surface area contributed by atoms with Crippen molar-refractivity contribution in [2.75, 3.05) is 19.8 Å². The number of phosphoric ester groups is 1. The maximum atomic E-state index is 12.1. The molecule has 0 radical (unpaired) electrons. The highest BCUT2D eigenvalue weighted by Crippen LogP contribution is 2.52. The van der Waals surface area contributed by atoms with Gasteiger partial charge >= 0.3 is 13.5 Å². The Labute approximate surface area is 141 Å². The number of aliphatic hydroxyl groups excluding tert-OH is 2. The van der Waals surface area contributed by atoms with Gasteiger partial charge in [0.25, 0.3) is 5.56 Å². The first-order valence-corrected chi connectivity index (χ1v) is 9.11. The van der Waals surface area contributed by atoms with E-state index in [-0.39, 0.29) is 26.2 Å². The van der Waals surface area contributed by atoms with E-state index in [1.807, 2.05) is 0 Å². The van der Waals surface area contributed by atoms with Gasteiger partial charge in [0.15, 0.2) is 0 Å². The van der Waals surface area contributed by atoms with Gasteiger partial charge in [-0.3, -0.25) is 27.9 Å². The first-order chi connectivity index (χ1) is 11.8. The van der Waals surface area contributed by atoms with E-state index in [1.165, 1.54) is 10.8 Å². The van der Waals surface area contributed by atoms with Crippen molar-refractivity contribution < 1.29 is 33.1 Å². The highest BCUT2D eigenvalue weighted by molar-refractivity contribution is 7.48. The molecule has 1 aromatic rings. The molecular formula is C13H19N2O9P. The van der Waals surface area contributed by atoms with Crippen molar-refractivity contribution in [1.29, 1.82) is 0 Å². The average molecular weight is 378 g/mol. The summed E-state index contributed by atoms with van der Waals surface area (Å²) in [5.41, 5.74) is -0.828. The quantitative estimate of drug-likeness (QED) is 0.562. The number of nitrogens with zero attached hydrogens (tertiary/aromatic N) is 1. The van der Waals surface area contributed by atoms with Gasteiger partial charge in [-0.1, -0.05) is 0 Å². The van der Waals surface area contributed by atoms with Crippen LogP contribution in [0.25, 0.3) is 0 Å². The third-order valence-corrected chi connectivity index (χ3v) is 5.30. The summed E-state index contributed by atoms with van der Waals surface area (Å²) in [6.07, 6.45) is -2.09. The molecule has 3 N–H and O–H groups in total. The normalized spacial score (nSPS) is 35.8. The van der Waals surface area contributed by atoms with E-state index in [0.717, 1.165) is 0 Å². The lowest BCUT2D eigenvalue weighted by molar-refractivity contribution is -0.0599. The molecule has 2 saturated heterocycles. The van der Waals surface area contributed by atoms with Crippen molar-refractivity contribution in [3.63, 3.8) is 0 Å². The van der Waals surface area contributed by atoms with Crippen LogP contribution in [0, 0.1) is 6.92 Å². The molecule has 0 bridgehead atoms. The minimum atomic E-state index is -3.81. The van der Waals surface area contributed by atoms with Crippen molar-refractivity contribution >= 4 is 7.82 Å². The molecule has 3 rings (SSSR count). The molecule has 3 heterocycles. The summed E-state index contributed by atoms with van der Waals surface area (Å²) in [5, 5.41) is 19.3. The van der Waals surface area contributed by atoms with Crippen LogP contribution in [0.15, 0.2) is 15.8 Å². The summed E-state index contributed by atoms with van der Waals surface area (Å²) in [6.45, 7) is 0.890. The number of H-pyrrole nitrogens is 1. The fraction of sp³-hybridized carbons (Fsp3) is 0.692. The molecule has 1 aromatic heterocycles. The average Bonchev–Trinajstić information content (AvgIpc) is 2.93. The van der Waals surface area contributed by atoms with Crippen LogP contribution in [0.3, 0.4) is 0 Å². The third kappa shape index (κ3) is 4.09. The fourth-order valence-electron chi connectivity index (χ4n) is 2.52. The standard InChI is InChI=1S/C13H19N2O9P/c1-7-3-15(13(19)14-12(7)18)11-2-9(17)10(24-11)6-23-25(20)21-4-8(16)5-22-25/h3,8-11,16-17H,2,4-6H2,1H3,(H,14,18,19). The van der Waals surface area contributed by atoms with Crippen LogP contribution in [-0.4, -0.2) is 57.9 Å². The maximum absolute atomic E-state index is 12.1. The molecule has 12 heteroatoms. The Balaban J connectivity index is 1.64. The molecule has 3 atom stereocenters. The van der Waals surface area contributed by atoms with Crippen molar-refractivity contribution in [3.8, 4) is 0 Å². The highest BCUT2D eigenvalue weighted by Gasteiger charge is 2.40. The summed E-state index contributed by atoms with van der Waals surface area (Å²) in [7, 11) is -3.81. The number of hydrogen-bond donors (Lipinski definition) is 3. The zero-order valence-corrected chi connectivity index (χ0v) is 14.3. The number of aryl methyl sites for hydroxylation is 1. The van der Waals surface area contributed by atoms with E-state index in [4.69, 9.17) is 18.3 Å². The Morgan fingerprint density at radius 3 is 2.72 bits per heavy atom. The summed E-state index contributed by atoms with van der Waals surface area (Å²) in [4.78, 5) is 25.5. The van der Waals surface area contributed by atoms with Crippen LogP contribution >= 0.6 is 7.82 Å². The number of nitrogens with one attached hydrogen (secondary N) is 1. The number of aliphatic hydroxyl groups is 2. The second-order valence-electron chi connectivity index (χ2n) is 5.90. The molecule has 0 amide bonds. The lowest BCUT2D eigenvalue weighted by Crippen LogP contribution is -2.33. The monoisotopic (exact) mass is 378 g/mol. The van der Waals surface area contributed by atoms with Crippen molar-refractivity contribution in [3.05, 3.63) is 32.6 Å². The molecule has 0 spiro atoms. The van der Waals surface area contributed by atoms with Crippen LogP contribution in [0.1, 0.15) is 18.2 Å². The second-order valence-corrected chi connectivity index (χ2v) is 7.57. The van der Waals surface area contributed by atoms with Crippen LogP contribution in [-0.2, 0) is 22.9 Å². The Bertz CT molecular complexity index is 778. The van der Waals surface area contributed by atoms with Gasteiger partial charge in [-0.15, -0.1) is 0 Å². The number of phosphoric acid groups is 1. The van der Waals surface area contributed by atoms with Crippen LogP contribution in [0.4, 0.5) is 0 Å². The van der Waals surface area contributed by atoms with Crippen LogP contribution < -0.4 is 11.2 Å². The maximum Gasteiger partial charge on any atom is 0.475 e. The number of aromatic nitrogens is 2. The number of rotatable bonds is 4. The molecule has 25 heavy (non-hydrogen) atoms. The van der Waals surface area contributed by atoms with Crippen molar-refractivity contribution in [1.82, 2.24) is 9.55 Å². The molecule has 0 aliphatic carbocycles. The minimum Gasteiger partial charge on any atom is -0.390 e. The Morgan fingerprint density at radius 1 is 1.36 bits per heavy atom. The highest BCUT2D eigenvalue weighted by atomic mass is 31.2. The van der Waals surface area contributed by atoms with Crippen molar-refractivity contribution in [2.45, 2.75) is 37.9 Å². The molecule has 0 saturated carbocycles. The molecule has 11 nitrogen and oxygen atoms in total. The Hall–Kier alpha value is -1.33. The van der Waals surface area contributed by atoms with E-state index in [0.29, 0.717) is 5.56 Å². The molecule has 2 aliphatic heterocycles. The number of hydrogen-bond acceptors (Lipinski definition) is 9. The number of ether oxygens (including phenoxy) is 1. The van der Waals surface area contributed by atoms with Crippen LogP contribution in [0.5, 0.6) is 0 Å². The predicted molar refractivity (Wildman–Crippen MR) is 82.1 cm³/mol. The predicted octanol–water partition coefficient (Wildman–Crippen LogP) is -0.974. The van der Waals surface area contributed by atoms with Gasteiger partial charge in [0, 0.05) is 18.2 Å². The van der Waals surface area contributed by atoms with E-state index in [2.05, 4.69) is 4.98 Å². The number of aromatic amines is 1. The molecule has 140 valence electrons. The van der Waals surface area contributed by atoms with Gasteiger partial charge in [0.05, 0.1) is 25.9 Å². The van der Waals surface area contributed by atoms with Gasteiger partial charge < -0.3 is 14.9 Å². The van der Waals surface area contributed by atoms with Crippen LogP contribution in [0.2, 0.25) is 0 Å². The van der Waals surface area contributed by atoms with Gasteiger partial charge in [0.2, 0.25) is 0 Å². The molecule has 2 aliphatic rings. The molecule has 3 unspecified atom stereocenters. The van der Waals surface area contributed by atoms with E-state index in [9.17, 15) is 24.4 Å². The molecule has 0 aromatic carbocycles. The van der Waals surface area contributed by atoms with E-state index >= 15 is 0 Å². The summed E-state index contributed by atoms with van der Waals surface area (Å²) >= 11 is 0. The fourth-order valence-corrected chi connectivity index (χ4v) is 3.78. The first-order valence-electron chi connectivity index (χ1n) is 7.65. The summed E-state index contributed by atoms with van der Waals surface area (Å²) in [5.74, 6) is 0.